The van der Waals surface area contributed by atoms with E-state index >= 15 is 0 Å². The summed E-state index contributed by atoms with van der Waals surface area (Å²) in [5.41, 5.74) is 6.50. The molecule has 0 atom stereocenters. The summed E-state index contributed by atoms with van der Waals surface area (Å²) in [5, 5.41) is 0. The van der Waals surface area contributed by atoms with E-state index in [1.807, 2.05) is 19.9 Å². The first-order valence-electron chi connectivity index (χ1n) is 4.76. The summed E-state index contributed by atoms with van der Waals surface area (Å²) in [6.45, 7) is 5.49. The molecular weight excluding hydrogens is 180 g/mol. The van der Waals surface area contributed by atoms with Crippen molar-refractivity contribution in [3.63, 3.8) is 0 Å². The summed E-state index contributed by atoms with van der Waals surface area (Å²) in [4.78, 5) is 4.09. The molecule has 2 N–H and O–H groups in total. The molecule has 0 radical (unpaired) electrons. The highest BCUT2D eigenvalue weighted by Crippen LogP contribution is 2.20. The van der Waals surface area contributed by atoms with Crippen LogP contribution in [0.5, 0.6) is 11.6 Å². The molecule has 1 aromatic heterocycles. The summed E-state index contributed by atoms with van der Waals surface area (Å²) in [6, 6.07) is 1.81. The number of hydrogen-bond acceptors (Lipinski definition) is 4. The Morgan fingerprint density at radius 1 is 1.29 bits per heavy atom. The predicted octanol–water partition coefficient (Wildman–Crippen LogP) is 1.34. The van der Waals surface area contributed by atoms with Gasteiger partial charge in [-0.2, -0.15) is 0 Å². The van der Waals surface area contributed by atoms with Crippen LogP contribution in [0.15, 0.2) is 12.3 Å². The van der Waals surface area contributed by atoms with Crippen LogP contribution in [0, 0.1) is 0 Å². The molecule has 1 rings (SSSR count). The Balaban J connectivity index is 2.87. The van der Waals surface area contributed by atoms with Gasteiger partial charge in [0.15, 0.2) is 0 Å². The van der Waals surface area contributed by atoms with Crippen molar-refractivity contribution >= 4 is 0 Å². The predicted molar refractivity (Wildman–Crippen MR) is 54.5 cm³/mol. The van der Waals surface area contributed by atoms with Crippen LogP contribution in [-0.2, 0) is 6.54 Å². The molecule has 0 amide bonds. The van der Waals surface area contributed by atoms with Gasteiger partial charge in [0, 0.05) is 18.2 Å². The summed E-state index contributed by atoms with van der Waals surface area (Å²) >= 11 is 0. The Morgan fingerprint density at radius 3 is 2.57 bits per heavy atom. The molecule has 0 saturated heterocycles. The van der Waals surface area contributed by atoms with E-state index in [0.29, 0.717) is 25.6 Å². The van der Waals surface area contributed by atoms with Crippen molar-refractivity contribution in [2.24, 2.45) is 5.73 Å². The molecule has 1 aromatic rings. The summed E-state index contributed by atoms with van der Waals surface area (Å²) in [5.74, 6) is 1.33. The number of hydrogen-bond donors (Lipinski definition) is 1. The van der Waals surface area contributed by atoms with Crippen LogP contribution in [0.1, 0.15) is 19.4 Å². The number of pyridine rings is 1. The van der Waals surface area contributed by atoms with Crippen LogP contribution in [0.2, 0.25) is 0 Å². The van der Waals surface area contributed by atoms with E-state index in [-0.39, 0.29) is 0 Å². The third-order valence-corrected chi connectivity index (χ3v) is 1.74. The second-order valence-electron chi connectivity index (χ2n) is 2.70. The van der Waals surface area contributed by atoms with Crippen molar-refractivity contribution in [3.8, 4) is 11.6 Å². The zero-order valence-corrected chi connectivity index (χ0v) is 8.62. The van der Waals surface area contributed by atoms with Gasteiger partial charge in [-0.25, -0.2) is 4.98 Å². The maximum Gasteiger partial charge on any atom is 0.213 e. The molecule has 0 aliphatic carbocycles. The molecule has 0 aromatic carbocycles. The number of rotatable bonds is 5. The lowest BCUT2D eigenvalue weighted by molar-refractivity contribution is 0.316. The number of nitrogens with zero attached hydrogens (tertiary/aromatic N) is 1. The van der Waals surface area contributed by atoms with E-state index in [2.05, 4.69) is 4.98 Å². The standard InChI is InChI=1S/C10H16N2O2/c1-3-13-9-7-12-10(14-4-2)5-8(9)6-11/h5,7H,3-4,6,11H2,1-2H3. The topological polar surface area (TPSA) is 57.4 Å². The molecule has 0 saturated carbocycles. The summed E-state index contributed by atoms with van der Waals surface area (Å²) in [6.07, 6.45) is 1.65. The van der Waals surface area contributed by atoms with Gasteiger partial charge in [-0.05, 0) is 13.8 Å². The second-order valence-corrected chi connectivity index (χ2v) is 2.70. The fraction of sp³-hybridized carbons (Fsp3) is 0.500. The maximum atomic E-state index is 5.58. The number of aromatic nitrogens is 1. The fourth-order valence-electron chi connectivity index (χ4n) is 1.13. The molecule has 0 aliphatic heterocycles. The largest absolute Gasteiger partial charge is 0.492 e. The minimum atomic E-state index is 0.428. The Kier molecular flexibility index (Phi) is 4.19. The molecule has 0 aliphatic rings. The SMILES string of the molecule is CCOc1cc(CN)c(OCC)cn1. The molecule has 0 unspecified atom stereocenters. The van der Waals surface area contributed by atoms with Crippen LogP contribution in [0.4, 0.5) is 0 Å². The minimum absolute atomic E-state index is 0.428. The molecular formula is C10H16N2O2. The highest BCUT2D eigenvalue weighted by molar-refractivity contribution is 5.34. The van der Waals surface area contributed by atoms with Crippen LogP contribution in [0.3, 0.4) is 0 Å². The zero-order chi connectivity index (χ0) is 10.4. The first kappa shape index (κ1) is 10.8. The normalized spacial score (nSPS) is 9.93. The smallest absolute Gasteiger partial charge is 0.213 e. The van der Waals surface area contributed by atoms with Gasteiger partial charge in [-0.3, -0.25) is 0 Å². The van der Waals surface area contributed by atoms with Crippen molar-refractivity contribution in [1.29, 1.82) is 0 Å². The number of nitrogens with two attached hydrogens (primary N) is 1. The average molecular weight is 196 g/mol. The lowest BCUT2D eigenvalue weighted by atomic mass is 10.2. The van der Waals surface area contributed by atoms with E-state index in [9.17, 15) is 0 Å². The highest BCUT2D eigenvalue weighted by Gasteiger charge is 2.04. The first-order chi connectivity index (χ1) is 6.81. The van der Waals surface area contributed by atoms with Crippen molar-refractivity contribution in [2.45, 2.75) is 20.4 Å². The Morgan fingerprint density at radius 2 is 2.00 bits per heavy atom. The molecule has 1 heterocycles. The molecule has 78 valence electrons. The summed E-state index contributed by atoms with van der Waals surface area (Å²) < 4.78 is 10.6. The summed E-state index contributed by atoms with van der Waals surface area (Å²) in [7, 11) is 0. The molecule has 4 nitrogen and oxygen atoms in total. The molecule has 14 heavy (non-hydrogen) atoms. The average Bonchev–Trinajstić information content (AvgIpc) is 2.21. The zero-order valence-electron chi connectivity index (χ0n) is 8.62. The van der Waals surface area contributed by atoms with E-state index in [0.717, 1.165) is 11.3 Å². The van der Waals surface area contributed by atoms with Crippen molar-refractivity contribution < 1.29 is 9.47 Å². The van der Waals surface area contributed by atoms with Crippen LogP contribution < -0.4 is 15.2 Å². The van der Waals surface area contributed by atoms with Crippen molar-refractivity contribution in [3.05, 3.63) is 17.8 Å². The van der Waals surface area contributed by atoms with Crippen LogP contribution in [0.25, 0.3) is 0 Å². The lowest BCUT2D eigenvalue weighted by Crippen LogP contribution is -2.04. The van der Waals surface area contributed by atoms with E-state index in [4.69, 9.17) is 15.2 Å². The molecule has 0 spiro atoms. The maximum absolute atomic E-state index is 5.58. The van der Waals surface area contributed by atoms with Gasteiger partial charge in [0.2, 0.25) is 5.88 Å². The fourth-order valence-corrected chi connectivity index (χ4v) is 1.13. The third-order valence-electron chi connectivity index (χ3n) is 1.74. The van der Waals surface area contributed by atoms with Crippen molar-refractivity contribution in [1.82, 2.24) is 4.98 Å². The van der Waals surface area contributed by atoms with E-state index in [1.54, 1.807) is 6.20 Å². The van der Waals surface area contributed by atoms with Gasteiger partial charge in [0.1, 0.15) is 5.75 Å². The molecule has 4 heteroatoms. The van der Waals surface area contributed by atoms with Gasteiger partial charge in [0.05, 0.1) is 19.4 Å². The molecule has 0 bridgehead atoms. The quantitative estimate of drug-likeness (QED) is 0.772. The van der Waals surface area contributed by atoms with E-state index < -0.39 is 0 Å². The van der Waals surface area contributed by atoms with Gasteiger partial charge in [-0.1, -0.05) is 0 Å². The van der Waals surface area contributed by atoms with Crippen LogP contribution >= 0.6 is 0 Å². The third kappa shape index (κ3) is 2.60. The Bertz CT molecular complexity index is 289. The van der Waals surface area contributed by atoms with Gasteiger partial charge >= 0.3 is 0 Å². The monoisotopic (exact) mass is 196 g/mol. The minimum Gasteiger partial charge on any atom is -0.492 e. The second kappa shape index (κ2) is 5.44. The highest BCUT2D eigenvalue weighted by atomic mass is 16.5. The number of ether oxygens (including phenoxy) is 2. The van der Waals surface area contributed by atoms with Crippen molar-refractivity contribution in [2.75, 3.05) is 13.2 Å². The molecule has 0 fully saturated rings. The van der Waals surface area contributed by atoms with Gasteiger partial charge in [0.25, 0.3) is 0 Å². The Hall–Kier alpha value is -1.29. The Labute approximate surface area is 84.0 Å². The van der Waals surface area contributed by atoms with Gasteiger partial charge in [-0.15, -0.1) is 0 Å². The van der Waals surface area contributed by atoms with Crippen LogP contribution in [-0.4, -0.2) is 18.2 Å². The van der Waals surface area contributed by atoms with E-state index in [1.165, 1.54) is 0 Å². The lowest BCUT2D eigenvalue weighted by Gasteiger charge is -2.09. The van der Waals surface area contributed by atoms with Gasteiger partial charge < -0.3 is 15.2 Å². The first-order valence-corrected chi connectivity index (χ1v) is 4.76.